The average molecular weight is 313 g/mol. The van der Waals surface area contributed by atoms with Crippen molar-refractivity contribution in [3.8, 4) is 0 Å². The Morgan fingerprint density at radius 3 is 2.62 bits per heavy atom. The summed E-state index contributed by atoms with van der Waals surface area (Å²) in [5, 5.41) is 10.0. The molecule has 3 N–H and O–H groups in total. The Kier molecular flexibility index (Phi) is 4.70. The summed E-state index contributed by atoms with van der Waals surface area (Å²) in [5.74, 6) is -0.150. The number of rotatable bonds is 3. The van der Waals surface area contributed by atoms with Gasteiger partial charge in [0.2, 0.25) is 0 Å². The van der Waals surface area contributed by atoms with E-state index in [0.29, 0.717) is 30.9 Å². The van der Waals surface area contributed by atoms with Crippen LogP contribution in [0.25, 0.3) is 0 Å². The van der Waals surface area contributed by atoms with E-state index in [0.717, 1.165) is 13.1 Å². The second-order valence-corrected chi connectivity index (χ2v) is 6.35. The molecule has 2 rings (SSSR count). The van der Waals surface area contributed by atoms with Gasteiger partial charge in [-0.05, 0) is 19.9 Å². The highest BCUT2D eigenvalue weighted by Crippen LogP contribution is 2.19. The third-order valence-corrected chi connectivity index (χ3v) is 3.66. The summed E-state index contributed by atoms with van der Waals surface area (Å²) in [6, 6.07) is 1.56. The van der Waals surface area contributed by atoms with Crippen molar-refractivity contribution >= 4 is 23.2 Å². The van der Waals surface area contributed by atoms with Gasteiger partial charge in [0.25, 0.3) is 5.91 Å². The first-order valence-corrected chi connectivity index (χ1v) is 7.29. The van der Waals surface area contributed by atoms with Crippen molar-refractivity contribution in [3.05, 3.63) is 23.0 Å². The van der Waals surface area contributed by atoms with E-state index in [1.165, 1.54) is 6.20 Å². The van der Waals surface area contributed by atoms with Gasteiger partial charge >= 0.3 is 0 Å². The zero-order chi connectivity index (χ0) is 15.6. The van der Waals surface area contributed by atoms with Gasteiger partial charge in [0.05, 0.1) is 23.0 Å². The van der Waals surface area contributed by atoms with E-state index in [-0.39, 0.29) is 11.1 Å². The van der Waals surface area contributed by atoms with Crippen LogP contribution in [0.5, 0.6) is 0 Å². The van der Waals surface area contributed by atoms with Crippen LogP contribution in [0.4, 0.5) is 5.69 Å². The number of anilines is 1. The van der Waals surface area contributed by atoms with Crippen LogP contribution in [0, 0.1) is 0 Å². The largest absolute Gasteiger partial charge is 0.397 e. The Balaban J connectivity index is 1.99. The molecule has 1 aromatic rings. The predicted molar refractivity (Wildman–Crippen MR) is 82.3 cm³/mol. The third-order valence-electron chi connectivity index (χ3n) is 3.36. The maximum atomic E-state index is 12.4. The van der Waals surface area contributed by atoms with Gasteiger partial charge in [-0.2, -0.15) is 0 Å². The number of nitrogens with zero attached hydrogens (tertiary/aromatic N) is 3. The van der Waals surface area contributed by atoms with Gasteiger partial charge in [0, 0.05) is 32.7 Å². The molecule has 6 nitrogen and oxygen atoms in total. The molecule has 0 bridgehead atoms. The summed E-state index contributed by atoms with van der Waals surface area (Å²) in [6.07, 6.45) is 1.43. The monoisotopic (exact) mass is 312 g/mol. The van der Waals surface area contributed by atoms with Crippen molar-refractivity contribution in [1.29, 1.82) is 0 Å². The summed E-state index contributed by atoms with van der Waals surface area (Å²) in [5.41, 5.74) is 5.69. The van der Waals surface area contributed by atoms with Crippen LogP contribution >= 0.6 is 11.6 Å². The van der Waals surface area contributed by atoms with E-state index in [2.05, 4.69) is 9.88 Å². The highest BCUT2D eigenvalue weighted by atomic mass is 35.5. The van der Waals surface area contributed by atoms with Crippen LogP contribution in [0.1, 0.15) is 24.2 Å². The second kappa shape index (κ2) is 6.17. The van der Waals surface area contributed by atoms with E-state index in [9.17, 15) is 9.90 Å². The summed E-state index contributed by atoms with van der Waals surface area (Å²) in [6.45, 7) is 6.80. The van der Waals surface area contributed by atoms with Crippen LogP contribution in [0.3, 0.4) is 0 Å². The number of carbonyl (C=O) groups is 1. The molecule has 7 heteroatoms. The molecule has 1 amide bonds. The van der Waals surface area contributed by atoms with Gasteiger partial charge in [-0.15, -0.1) is 0 Å². The van der Waals surface area contributed by atoms with E-state index in [1.807, 2.05) is 0 Å². The Labute approximate surface area is 129 Å². The van der Waals surface area contributed by atoms with Crippen molar-refractivity contribution in [3.63, 3.8) is 0 Å². The lowest BCUT2D eigenvalue weighted by Crippen LogP contribution is -2.52. The number of nitrogens with two attached hydrogens (primary N) is 1. The molecule has 1 aliphatic rings. The number of β-amino-alcohol motifs (C(OH)–C–C–N with tert-alkyl or cyclic N) is 1. The van der Waals surface area contributed by atoms with E-state index in [1.54, 1.807) is 24.8 Å². The molecule has 1 aliphatic heterocycles. The number of hydrogen-bond acceptors (Lipinski definition) is 5. The summed E-state index contributed by atoms with van der Waals surface area (Å²) in [7, 11) is 0. The van der Waals surface area contributed by atoms with Gasteiger partial charge < -0.3 is 15.7 Å². The maximum absolute atomic E-state index is 12.4. The molecular weight excluding hydrogens is 292 g/mol. The minimum atomic E-state index is -0.729. The normalized spacial score (nSPS) is 17.0. The summed E-state index contributed by atoms with van der Waals surface area (Å²) in [4.78, 5) is 20.2. The van der Waals surface area contributed by atoms with Crippen LogP contribution < -0.4 is 5.73 Å². The first kappa shape index (κ1) is 16.0. The SMILES string of the molecule is CC(C)(O)CN1CCN(C(=O)c2cc(N)cnc2Cl)CC1. The Morgan fingerprint density at radius 1 is 1.43 bits per heavy atom. The van der Waals surface area contributed by atoms with Crippen LogP contribution in [0.2, 0.25) is 5.15 Å². The molecule has 0 atom stereocenters. The molecule has 0 aliphatic carbocycles. The highest BCUT2D eigenvalue weighted by Gasteiger charge is 2.26. The van der Waals surface area contributed by atoms with Gasteiger partial charge in [-0.3, -0.25) is 9.69 Å². The number of piperazine rings is 1. The van der Waals surface area contributed by atoms with Crippen LogP contribution in [-0.4, -0.2) is 64.1 Å². The molecule has 2 heterocycles. The maximum Gasteiger partial charge on any atom is 0.257 e. The molecular formula is C14H21ClN4O2. The molecule has 21 heavy (non-hydrogen) atoms. The lowest BCUT2D eigenvalue weighted by molar-refractivity contribution is 0.0178. The van der Waals surface area contributed by atoms with Crippen LogP contribution in [-0.2, 0) is 0 Å². The molecule has 1 fully saturated rings. The second-order valence-electron chi connectivity index (χ2n) is 5.99. The number of pyridine rings is 1. The van der Waals surface area contributed by atoms with E-state index in [4.69, 9.17) is 17.3 Å². The zero-order valence-electron chi connectivity index (χ0n) is 12.3. The number of hydrogen-bond donors (Lipinski definition) is 2. The smallest absolute Gasteiger partial charge is 0.257 e. The molecule has 116 valence electrons. The fraction of sp³-hybridized carbons (Fsp3) is 0.571. The Morgan fingerprint density at radius 2 is 2.05 bits per heavy atom. The van der Waals surface area contributed by atoms with Gasteiger partial charge in [0.15, 0.2) is 0 Å². The number of nitrogen functional groups attached to an aromatic ring is 1. The minimum Gasteiger partial charge on any atom is -0.397 e. The fourth-order valence-electron chi connectivity index (χ4n) is 2.44. The van der Waals surface area contributed by atoms with Crippen molar-refractivity contribution in [2.45, 2.75) is 19.4 Å². The standard InChI is InChI=1S/C14H21ClN4O2/c1-14(2,21)9-18-3-5-19(6-4-18)13(20)11-7-10(16)8-17-12(11)15/h7-8,21H,3-6,9,16H2,1-2H3. The van der Waals surface area contributed by atoms with Gasteiger partial charge in [-0.1, -0.05) is 11.6 Å². The number of amides is 1. The lowest BCUT2D eigenvalue weighted by atomic mass is 10.1. The lowest BCUT2D eigenvalue weighted by Gasteiger charge is -2.37. The summed E-state index contributed by atoms with van der Waals surface area (Å²) >= 11 is 5.97. The minimum absolute atomic E-state index is 0.150. The van der Waals surface area contributed by atoms with Crippen LogP contribution in [0.15, 0.2) is 12.3 Å². The molecule has 0 unspecified atom stereocenters. The number of halogens is 1. The van der Waals surface area contributed by atoms with Crippen molar-refractivity contribution in [1.82, 2.24) is 14.8 Å². The summed E-state index contributed by atoms with van der Waals surface area (Å²) < 4.78 is 0. The molecule has 0 spiro atoms. The first-order valence-electron chi connectivity index (χ1n) is 6.91. The fourth-order valence-corrected chi connectivity index (χ4v) is 2.63. The molecule has 0 radical (unpaired) electrons. The van der Waals surface area contributed by atoms with E-state index < -0.39 is 5.60 Å². The first-order chi connectivity index (χ1) is 9.76. The Hall–Kier alpha value is -1.37. The van der Waals surface area contributed by atoms with Gasteiger partial charge in [-0.25, -0.2) is 4.98 Å². The van der Waals surface area contributed by atoms with Gasteiger partial charge in [0.1, 0.15) is 5.15 Å². The number of aromatic nitrogens is 1. The molecule has 1 saturated heterocycles. The zero-order valence-corrected chi connectivity index (χ0v) is 13.1. The Bertz CT molecular complexity index is 522. The average Bonchev–Trinajstić information content (AvgIpc) is 2.40. The predicted octanol–water partition coefficient (Wildman–Crippen LogP) is 0.846. The van der Waals surface area contributed by atoms with Crippen molar-refractivity contribution in [2.75, 3.05) is 38.5 Å². The molecule has 0 saturated carbocycles. The van der Waals surface area contributed by atoms with E-state index >= 15 is 0 Å². The third kappa shape index (κ3) is 4.30. The van der Waals surface area contributed by atoms with Crippen molar-refractivity contribution in [2.24, 2.45) is 0 Å². The molecule has 1 aromatic heterocycles. The highest BCUT2D eigenvalue weighted by molar-refractivity contribution is 6.32. The van der Waals surface area contributed by atoms with Crippen molar-refractivity contribution < 1.29 is 9.90 Å². The quantitative estimate of drug-likeness (QED) is 0.808. The molecule has 0 aromatic carbocycles. The topological polar surface area (TPSA) is 82.7 Å². The number of aliphatic hydroxyl groups is 1. The number of carbonyl (C=O) groups excluding carboxylic acids is 1.